The van der Waals surface area contributed by atoms with Gasteiger partial charge in [-0.25, -0.2) is 0 Å². The summed E-state index contributed by atoms with van der Waals surface area (Å²) in [4.78, 5) is 11.4. The summed E-state index contributed by atoms with van der Waals surface area (Å²) in [6.07, 6.45) is 3.08. The Hall–Kier alpha value is -0.410. The highest BCUT2D eigenvalue weighted by molar-refractivity contribution is 5.79. The Labute approximate surface area is 86.2 Å². The van der Waals surface area contributed by atoms with E-state index >= 15 is 0 Å². The predicted molar refractivity (Wildman–Crippen MR) is 56.3 cm³/mol. The van der Waals surface area contributed by atoms with Gasteiger partial charge in [-0.3, -0.25) is 4.79 Å². The molecule has 1 saturated heterocycles. The maximum Gasteiger partial charge on any atom is 0.158 e. The van der Waals surface area contributed by atoms with Crippen LogP contribution in [-0.4, -0.2) is 31.6 Å². The third-order valence-electron chi connectivity index (χ3n) is 2.57. The monoisotopic (exact) mass is 199 g/mol. The van der Waals surface area contributed by atoms with Crippen molar-refractivity contribution in [3.63, 3.8) is 0 Å². The minimum Gasteiger partial charge on any atom is -0.371 e. The molecule has 14 heavy (non-hydrogen) atoms. The minimum absolute atomic E-state index is 0.159. The van der Waals surface area contributed by atoms with Gasteiger partial charge in [0, 0.05) is 6.42 Å². The fourth-order valence-corrected chi connectivity index (χ4v) is 1.66. The lowest BCUT2D eigenvalue weighted by atomic mass is 10.0. The molecule has 82 valence electrons. The van der Waals surface area contributed by atoms with Gasteiger partial charge in [-0.15, -0.1) is 0 Å². The molecule has 1 aliphatic rings. The molecule has 1 rings (SSSR count). The van der Waals surface area contributed by atoms with Crippen LogP contribution in [0.1, 0.15) is 33.1 Å². The quantitative estimate of drug-likeness (QED) is 0.702. The summed E-state index contributed by atoms with van der Waals surface area (Å²) in [6.45, 7) is 6.39. The molecule has 1 unspecified atom stereocenters. The van der Waals surface area contributed by atoms with Gasteiger partial charge in [0.25, 0.3) is 0 Å². The van der Waals surface area contributed by atoms with E-state index in [0.717, 1.165) is 19.5 Å². The van der Waals surface area contributed by atoms with Crippen molar-refractivity contribution in [1.82, 2.24) is 5.32 Å². The number of carbonyl (C=O) groups is 1. The fraction of sp³-hybridized carbons (Fsp3) is 0.909. The summed E-state index contributed by atoms with van der Waals surface area (Å²) < 4.78 is 5.25. The van der Waals surface area contributed by atoms with Crippen LogP contribution >= 0.6 is 0 Å². The van der Waals surface area contributed by atoms with Gasteiger partial charge in [-0.2, -0.15) is 0 Å². The molecule has 0 aliphatic carbocycles. The van der Waals surface area contributed by atoms with E-state index in [-0.39, 0.29) is 18.5 Å². The van der Waals surface area contributed by atoms with Gasteiger partial charge in [-0.05, 0) is 45.7 Å². The SMILES string of the molecule is CC(C)OCC(=O)CCC1CCNC1. The molecule has 1 N–H and O–H groups in total. The number of rotatable bonds is 6. The first-order chi connectivity index (χ1) is 6.68. The van der Waals surface area contributed by atoms with E-state index in [1.165, 1.54) is 6.42 Å². The fourth-order valence-electron chi connectivity index (χ4n) is 1.66. The number of ether oxygens (including phenoxy) is 1. The van der Waals surface area contributed by atoms with E-state index in [0.29, 0.717) is 12.3 Å². The van der Waals surface area contributed by atoms with Gasteiger partial charge in [0.2, 0.25) is 0 Å². The molecule has 0 aromatic carbocycles. The standard InChI is InChI=1S/C11H21NO2/c1-9(2)14-8-11(13)4-3-10-5-6-12-7-10/h9-10,12H,3-8H2,1-2H3. The molecule has 3 heteroatoms. The van der Waals surface area contributed by atoms with Gasteiger partial charge >= 0.3 is 0 Å². The first-order valence-electron chi connectivity index (χ1n) is 5.52. The zero-order valence-corrected chi connectivity index (χ0v) is 9.21. The van der Waals surface area contributed by atoms with Crippen LogP contribution in [0.25, 0.3) is 0 Å². The predicted octanol–water partition coefficient (Wildman–Crippen LogP) is 1.37. The molecule has 0 aromatic rings. The number of nitrogens with one attached hydrogen (secondary N) is 1. The van der Waals surface area contributed by atoms with E-state index in [9.17, 15) is 4.79 Å². The highest BCUT2D eigenvalue weighted by Crippen LogP contribution is 2.14. The number of carbonyl (C=O) groups excluding carboxylic acids is 1. The van der Waals surface area contributed by atoms with Crippen LogP contribution in [0.15, 0.2) is 0 Å². The molecule has 0 bridgehead atoms. The van der Waals surface area contributed by atoms with Crippen LogP contribution in [0, 0.1) is 5.92 Å². The molecule has 1 fully saturated rings. The summed E-state index contributed by atoms with van der Waals surface area (Å²) in [7, 11) is 0. The first kappa shape index (κ1) is 11.7. The Balaban J connectivity index is 2.02. The maximum absolute atomic E-state index is 11.4. The van der Waals surface area contributed by atoms with E-state index in [4.69, 9.17) is 4.74 Å². The summed E-state index contributed by atoms with van der Waals surface area (Å²) in [5.74, 6) is 0.948. The second kappa shape index (κ2) is 6.14. The summed E-state index contributed by atoms with van der Waals surface area (Å²) in [5, 5.41) is 3.30. The third kappa shape index (κ3) is 4.72. The smallest absolute Gasteiger partial charge is 0.158 e. The van der Waals surface area contributed by atoms with E-state index < -0.39 is 0 Å². The minimum atomic E-state index is 0.159. The zero-order valence-electron chi connectivity index (χ0n) is 9.21. The Morgan fingerprint density at radius 3 is 2.93 bits per heavy atom. The van der Waals surface area contributed by atoms with Crippen LogP contribution < -0.4 is 5.32 Å². The van der Waals surface area contributed by atoms with Crippen LogP contribution in [0.4, 0.5) is 0 Å². The summed E-state index contributed by atoms with van der Waals surface area (Å²) >= 11 is 0. The van der Waals surface area contributed by atoms with Crippen molar-refractivity contribution in [3.8, 4) is 0 Å². The molecular weight excluding hydrogens is 178 g/mol. The molecule has 1 aliphatic heterocycles. The van der Waals surface area contributed by atoms with E-state index in [1.807, 2.05) is 13.8 Å². The number of hydrogen-bond donors (Lipinski definition) is 1. The lowest BCUT2D eigenvalue weighted by Crippen LogP contribution is -2.15. The van der Waals surface area contributed by atoms with Gasteiger partial charge in [0.15, 0.2) is 5.78 Å². The normalized spacial score (nSPS) is 21.8. The van der Waals surface area contributed by atoms with Gasteiger partial charge in [0.05, 0.1) is 6.10 Å². The van der Waals surface area contributed by atoms with Crippen molar-refractivity contribution >= 4 is 5.78 Å². The highest BCUT2D eigenvalue weighted by Gasteiger charge is 2.15. The Morgan fingerprint density at radius 1 is 1.57 bits per heavy atom. The van der Waals surface area contributed by atoms with Crippen molar-refractivity contribution in [3.05, 3.63) is 0 Å². The molecular formula is C11H21NO2. The molecule has 1 atom stereocenters. The Kier molecular flexibility index (Phi) is 5.12. The molecule has 0 aromatic heterocycles. The van der Waals surface area contributed by atoms with Crippen molar-refractivity contribution in [1.29, 1.82) is 0 Å². The van der Waals surface area contributed by atoms with Gasteiger partial charge < -0.3 is 10.1 Å². The van der Waals surface area contributed by atoms with Crippen LogP contribution in [0.2, 0.25) is 0 Å². The topological polar surface area (TPSA) is 38.3 Å². The molecule has 1 heterocycles. The second-order valence-corrected chi connectivity index (χ2v) is 4.30. The van der Waals surface area contributed by atoms with Crippen LogP contribution in [0.5, 0.6) is 0 Å². The summed E-state index contributed by atoms with van der Waals surface area (Å²) in [6, 6.07) is 0. The molecule has 3 nitrogen and oxygen atoms in total. The number of ketones is 1. The molecule has 0 radical (unpaired) electrons. The largest absolute Gasteiger partial charge is 0.371 e. The van der Waals surface area contributed by atoms with E-state index in [2.05, 4.69) is 5.32 Å². The number of hydrogen-bond acceptors (Lipinski definition) is 3. The van der Waals surface area contributed by atoms with E-state index in [1.54, 1.807) is 0 Å². The van der Waals surface area contributed by atoms with Crippen molar-refractivity contribution < 1.29 is 9.53 Å². The lowest BCUT2D eigenvalue weighted by molar-refractivity contribution is -0.125. The van der Waals surface area contributed by atoms with Gasteiger partial charge in [-0.1, -0.05) is 0 Å². The Bertz CT molecular complexity index is 174. The average molecular weight is 199 g/mol. The highest BCUT2D eigenvalue weighted by atomic mass is 16.5. The number of Topliss-reactive ketones (excluding diaryl/α,β-unsaturated/α-hetero) is 1. The first-order valence-corrected chi connectivity index (χ1v) is 5.52. The second-order valence-electron chi connectivity index (χ2n) is 4.30. The van der Waals surface area contributed by atoms with Gasteiger partial charge in [0.1, 0.15) is 6.61 Å². The van der Waals surface area contributed by atoms with Crippen molar-refractivity contribution in [2.75, 3.05) is 19.7 Å². The molecule has 0 saturated carbocycles. The summed E-state index contributed by atoms with van der Waals surface area (Å²) in [5.41, 5.74) is 0. The molecule has 0 amide bonds. The van der Waals surface area contributed by atoms with Crippen molar-refractivity contribution in [2.24, 2.45) is 5.92 Å². The zero-order chi connectivity index (χ0) is 10.4. The van der Waals surface area contributed by atoms with Crippen LogP contribution in [-0.2, 0) is 9.53 Å². The maximum atomic E-state index is 11.4. The molecule has 0 spiro atoms. The van der Waals surface area contributed by atoms with Crippen molar-refractivity contribution in [2.45, 2.75) is 39.2 Å². The van der Waals surface area contributed by atoms with Crippen LogP contribution in [0.3, 0.4) is 0 Å². The Morgan fingerprint density at radius 2 is 2.36 bits per heavy atom. The third-order valence-corrected chi connectivity index (χ3v) is 2.57. The average Bonchev–Trinajstić information content (AvgIpc) is 2.63. The lowest BCUT2D eigenvalue weighted by Gasteiger charge is -2.08.